The third kappa shape index (κ3) is 3.88. The van der Waals surface area contributed by atoms with Crippen molar-refractivity contribution in [2.24, 2.45) is 0 Å². The van der Waals surface area contributed by atoms with Crippen LogP contribution >= 0.6 is 0 Å². The molecule has 1 heterocycles. The van der Waals surface area contributed by atoms with Crippen molar-refractivity contribution in [2.75, 3.05) is 13.1 Å². The van der Waals surface area contributed by atoms with Crippen LogP contribution in [0.1, 0.15) is 41.3 Å². The van der Waals surface area contributed by atoms with E-state index < -0.39 is 5.79 Å². The Morgan fingerprint density at radius 1 is 0.929 bits per heavy atom. The summed E-state index contributed by atoms with van der Waals surface area (Å²) in [5.74, 6) is -1.35. The average Bonchev–Trinajstić information content (AvgIpc) is 2.75. The topological polar surface area (TPSA) is 32.7 Å². The van der Waals surface area contributed by atoms with Crippen LogP contribution in [0.15, 0.2) is 84.9 Å². The molecule has 4 rings (SSSR count). The molecule has 1 fully saturated rings. The van der Waals surface area contributed by atoms with Crippen molar-refractivity contribution < 1.29 is 9.84 Å². The van der Waals surface area contributed by atoms with Gasteiger partial charge in [-0.2, -0.15) is 0 Å². The van der Waals surface area contributed by atoms with Crippen LogP contribution in [0.5, 0.6) is 0 Å². The summed E-state index contributed by atoms with van der Waals surface area (Å²) in [6.07, 6.45) is -0.201. The van der Waals surface area contributed by atoms with Gasteiger partial charge in [0.1, 0.15) is 0 Å². The third-order valence-corrected chi connectivity index (χ3v) is 5.66. The highest BCUT2D eigenvalue weighted by Gasteiger charge is 2.42. The van der Waals surface area contributed by atoms with Gasteiger partial charge in [-0.15, -0.1) is 0 Å². The highest BCUT2D eigenvalue weighted by Crippen LogP contribution is 2.39. The summed E-state index contributed by atoms with van der Waals surface area (Å²) in [6, 6.07) is 28.7. The molecule has 0 aromatic heterocycles. The van der Waals surface area contributed by atoms with Crippen molar-refractivity contribution in [3.05, 3.63) is 107 Å². The summed E-state index contributed by atoms with van der Waals surface area (Å²) in [5.41, 5.74) is 4.37. The Balaban J connectivity index is 1.68. The van der Waals surface area contributed by atoms with E-state index in [0.717, 1.165) is 17.7 Å². The number of nitrogens with zero attached hydrogens (tertiary/aromatic N) is 1. The molecule has 0 bridgehead atoms. The molecule has 0 aliphatic carbocycles. The van der Waals surface area contributed by atoms with Crippen molar-refractivity contribution in [2.45, 2.75) is 31.8 Å². The fourth-order valence-electron chi connectivity index (χ4n) is 3.91. The van der Waals surface area contributed by atoms with E-state index in [9.17, 15) is 5.11 Å². The van der Waals surface area contributed by atoms with Crippen molar-refractivity contribution >= 4 is 0 Å². The van der Waals surface area contributed by atoms with Crippen molar-refractivity contribution in [1.82, 2.24) is 4.90 Å². The lowest BCUT2D eigenvalue weighted by molar-refractivity contribution is -0.283. The second-order valence-electron chi connectivity index (χ2n) is 7.68. The smallest absolute Gasteiger partial charge is 0.206 e. The van der Waals surface area contributed by atoms with Gasteiger partial charge in [-0.3, -0.25) is 4.90 Å². The maximum Gasteiger partial charge on any atom is 0.206 e. The quantitative estimate of drug-likeness (QED) is 0.700. The zero-order valence-electron chi connectivity index (χ0n) is 16.5. The van der Waals surface area contributed by atoms with E-state index in [0.29, 0.717) is 6.54 Å². The summed E-state index contributed by atoms with van der Waals surface area (Å²) in [7, 11) is 0. The minimum absolute atomic E-state index is 0.172. The minimum Gasteiger partial charge on any atom is -0.361 e. The molecule has 1 aliphatic heterocycles. The molecule has 0 spiro atoms. The molecule has 1 N–H and O–H groups in total. The number of rotatable bonds is 4. The van der Waals surface area contributed by atoms with E-state index >= 15 is 0 Å². The number of hydrogen-bond acceptors (Lipinski definition) is 3. The molecule has 3 aromatic carbocycles. The number of ether oxygens (including phenoxy) is 1. The normalized spacial score (nSPS) is 24.0. The number of aryl methyl sites for hydroxylation is 1. The molecule has 28 heavy (non-hydrogen) atoms. The summed E-state index contributed by atoms with van der Waals surface area (Å²) < 4.78 is 6.30. The van der Waals surface area contributed by atoms with Gasteiger partial charge in [0, 0.05) is 18.2 Å². The molecule has 3 atom stereocenters. The van der Waals surface area contributed by atoms with Gasteiger partial charge in [0.2, 0.25) is 5.79 Å². The fraction of sp³-hybridized carbons (Fsp3) is 0.280. The molecule has 3 heteroatoms. The third-order valence-electron chi connectivity index (χ3n) is 5.66. The van der Waals surface area contributed by atoms with Crippen LogP contribution in [0.3, 0.4) is 0 Å². The highest BCUT2D eigenvalue weighted by molar-refractivity contribution is 5.27. The lowest BCUT2D eigenvalue weighted by atomic mass is 9.97. The Morgan fingerprint density at radius 2 is 1.54 bits per heavy atom. The molecule has 1 saturated heterocycles. The standard InChI is InChI=1S/C25H27NO2/c1-19-13-15-21(16-14-19)20(2)26-17-24(22-9-5-3-6-10-22)28-25(27,18-26)23-11-7-4-8-12-23/h3-16,20,24,27H,17-18H2,1-2H3. The SMILES string of the molecule is Cc1ccc(C(C)N2CC(c3ccccc3)OC(O)(c3ccccc3)C2)cc1. The van der Waals surface area contributed by atoms with E-state index in [-0.39, 0.29) is 12.1 Å². The molecule has 3 unspecified atom stereocenters. The van der Waals surface area contributed by atoms with Gasteiger partial charge in [0.05, 0.1) is 12.6 Å². The van der Waals surface area contributed by atoms with Crippen LogP contribution in [0.2, 0.25) is 0 Å². The first-order valence-electron chi connectivity index (χ1n) is 9.86. The number of morpholine rings is 1. The zero-order valence-corrected chi connectivity index (χ0v) is 16.5. The van der Waals surface area contributed by atoms with Gasteiger partial charge in [0.15, 0.2) is 0 Å². The monoisotopic (exact) mass is 373 g/mol. The van der Waals surface area contributed by atoms with E-state index in [4.69, 9.17) is 4.74 Å². The van der Waals surface area contributed by atoms with E-state index in [1.54, 1.807) is 0 Å². The van der Waals surface area contributed by atoms with Gasteiger partial charge >= 0.3 is 0 Å². The van der Waals surface area contributed by atoms with Crippen LogP contribution < -0.4 is 0 Å². The van der Waals surface area contributed by atoms with Crippen LogP contribution in [0.4, 0.5) is 0 Å². The molecule has 0 radical (unpaired) electrons. The first-order chi connectivity index (χ1) is 13.5. The number of aliphatic hydroxyl groups is 1. The van der Waals surface area contributed by atoms with Gasteiger partial charge in [0.25, 0.3) is 0 Å². The summed E-state index contributed by atoms with van der Waals surface area (Å²) >= 11 is 0. The largest absolute Gasteiger partial charge is 0.361 e. The second-order valence-corrected chi connectivity index (χ2v) is 7.68. The summed E-state index contributed by atoms with van der Waals surface area (Å²) in [6.45, 7) is 5.45. The van der Waals surface area contributed by atoms with Crippen molar-refractivity contribution in [3.8, 4) is 0 Å². The Hall–Kier alpha value is -2.46. The van der Waals surface area contributed by atoms with Crippen LogP contribution in [-0.4, -0.2) is 23.1 Å². The highest BCUT2D eigenvalue weighted by atomic mass is 16.6. The fourth-order valence-corrected chi connectivity index (χ4v) is 3.91. The van der Waals surface area contributed by atoms with Crippen LogP contribution in [-0.2, 0) is 10.5 Å². The average molecular weight is 373 g/mol. The molecule has 0 saturated carbocycles. The lowest BCUT2D eigenvalue weighted by Gasteiger charge is -2.46. The predicted octanol–water partition coefficient (Wildman–Crippen LogP) is 4.97. The molecular weight excluding hydrogens is 346 g/mol. The van der Waals surface area contributed by atoms with Crippen molar-refractivity contribution in [3.63, 3.8) is 0 Å². The molecule has 1 aliphatic rings. The Labute approximate surface area is 167 Å². The first-order valence-corrected chi connectivity index (χ1v) is 9.86. The Kier molecular flexibility index (Phi) is 5.31. The second kappa shape index (κ2) is 7.88. The summed E-state index contributed by atoms with van der Waals surface area (Å²) in [4.78, 5) is 2.32. The molecule has 3 nitrogen and oxygen atoms in total. The maximum absolute atomic E-state index is 11.5. The molecule has 0 amide bonds. The predicted molar refractivity (Wildman–Crippen MR) is 112 cm³/mol. The van der Waals surface area contributed by atoms with Crippen LogP contribution in [0.25, 0.3) is 0 Å². The molecule has 3 aromatic rings. The number of benzene rings is 3. The summed E-state index contributed by atoms with van der Waals surface area (Å²) in [5, 5.41) is 11.5. The number of β-amino-alcohol motifs (C(OH)–C–C–N with tert-alkyl or cyclic N) is 1. The van der Waals surface area contributed by atoms with Gasteiger partial charge in [-0.05, 0) is 25.0 Å². The van der Waals surface area contributed by atoms with Gasteiger partial charge in [-0.25, -0.2) is 0 Å². The molecular formula is C25H27NO2. The van der Waals surface area contributed by atoms with Gasteiger partial charge < -0.3 is 9.84 Å². The zero-order chi connectivity index (χ0) is 19.6. The van der Waals surface area contributed by atoms with E-state index in [1.807, 2.05) is 48.5 Å². The first kappa shape index (κ1) is 18.9. The lowest BCUT2D eigenvalue weighted by Crippen LogP contribution is -2.51. The van der Waals surface area contributed by atoms with E-state index in [2.05, 4.69) is 55.1 Å². The number of hydrogen-bond donors (Lipinski definition) is 1. The van der Waals surface area contributed by atoms with Crippen molar-refractivity contribution in [1.29, 1.82) is 0 Å². The Bertz CT molecular complexity index is 895. The molecule has 144 valence electrons. The van der Waals surface area contributed by atoms with E-state index in [1.165, 1.54) is 11.1 Å². The van der Waals surface area contributed by atoms with Crippen LogP contribution in [0, 0.1) is 6.92 Å². The Morgan fingerprint density at radius 3 is 2.18 bits per heavy atom. The maximum atomic E-state index is 11.5. The van der Waals surface area contributed by atoms with Gasteiger partial charge in [-0.1, -0.05) is 90.5 Å². The minimum atomic E-state index is -1.35.